The highest BCUT2D eigenvalue weighted by molar-refractivity contribution is 9.10. The van der Waals surface area contributed by atoms with E-state index < -0.39 is 0 Å². The Morgan fingerprint density at radius 1 is 1.41 bits per heavy atom. The molecule has 1 aromatic rings. The highest BCUT2D eigenvalue weighted by atomic mass is 79.9. The van der Waals surface area contributed by atoms with Gasteiger partial charge in [-0.1, -0.05) is 11.6 Å². The molecule has 0 bridgehead atoms. The van der Waals surface area contributed by atoms with Crippen molar-refractivity contribution < 1.29 is 4.79 Å². The number of hydrogen-bond acceptors (Lipinski definition) is 1. The van der Waals surface area contributed by atoms with Crippen molar-refractivity contribution in [3.05, 3.63) is 33.8 Å². The molecular weight excluding hydrogens is 278 g/mol. The minimum absolute atomic E-state index is 0.0136. The number of likely N-dealkylation sites (tertiary alicyclic amines) is 1. The summed E-state index contributed by atoms with van der Waals surface area (Å²) < 4.78 is 0.885. The van der Waals surface area contributed by atoms with Crippen molar-refractivity contribution in [3.8, 4) is 0 Å². The van der Waals surface area contributed by atoms with Gasteiger partial charge >= 0.3 is 0 Å². The summed E-state index contributed by atoms with van der Waals surface area (Å²) in [6, 6.07) is 5.92. The smallest absolute Gasteiger partial charge is 0.255 e. The van der Waals surface area contributed by atoms with Crippen LogP contribution < -0.4 is 0 Å². The normalized spacial score (nSPS) is 18.5. The fraction of sp³-hybridized carbons (Fsp3) is 0.500. The molecule has 0 aliphatic carbocycles. The minimum Gasteiger partial charge on any atom is -0.333 e. The SMILES string of the molecule is Cc1ccc(Br)c(C(=O)N2CCCC2(C)C)c1. The Bertz CT molecular complexity index is 454. The zero-order chi connectivity index (χ0) is 12.6. The summed E-state index contributed by atoms with van der Waals surface area (Å²) in [6.07, 6.45) is 2.18. The van der Waals surface area contributed by atoms with Gasteiger partial charge in [0.15, 0.2) is 0 Å². The fourth-order valence-electron chi connectivity index (χ4n) is 2.43. The maximum Gasteiger partial charge on any atom is 0.255 e. The molecule has 3 heteroatoms. The van der Waals surface area contributed by atoms with E-state index in [2.05, 4.69) is 29.8 Å². The highest BCUT2D eigenvalue weighted by Gasteiger charge is 2.36. The maximum absolute atomic E-state index is 12.5. The zero-order valence-corrected chi connectivity index (χ0v) is 12.2. The second-order valence-corrected chi connectivity index (χ2v) is 6.21. The van der Waals surface area contributed by atoms with E-state index in [-0.39, 0.29) is 11.4 Å². The Morgan fingerprint density at radius 3 is 2.71 bits per heavy atom. The summed E-state index contributed by atoms with van der Waals surface area (Å²) in [5.74, 6) is 0.142. The van der Waals surface area contributed by atoms with Crippen LogP contribution in [0.2, 0.25) is 0 Å². The summed E-state index contributed by atoms with van der Waals surface area (Å²) in [7, 11) is 0. The molecule has 1 saturated heterocycles. The number of halogens is 1. The molecular formula is C14H18BrNO. The molecule has 1 aliphatic rings. The van der Waals surface area contributed by atoms with Crippen LogP contribution in [0.25, 0.3) is 0 Å². The van der Waals surface area contributed by atoms with Crippen LogP contribution >= 0.6 is 15.9 Å². The van der Waals surface area contributed by atoms with Gasteiger partial charge in [-0.2, -0.15) is 0 Å². The first-order valence-corrected chi connectivity index (χ1v) is 6.79. The first-order chi connectivity index (χ1) is 7.92. The maximum atomic E-state index is 12.5. The number of benzene rings is 1. The highest BCUT2D eigenvalue weighted by Crippen LogP contribution is 2.31. The van der Waals surface area contributed by atoms with Crippen LogP contribution in [-0.2, 0) is 0 Å². The van der Waals surface area contributed by atoms with Gasteiger partial charge in [0.25, 0.3) is 5.91 Å². The fourth-order valence-corrected chi connectivity index (χ4v) is 2.85. The molecule has 17 heavy (non-hydrogen) atoms. The van der Waals surface area contributed by atoms with E-state index in [1.807, 2.05) is 30.0 Å². The summed E-state index contributed by atoms with van der Waals surface area (Å²) >= 11 is 3.47. The number of hydrogen-bond donors (Lipinski definition) is 0. The van der Waals surface area contributed by atoms with Crippen molar-refractivity contribution in [2.24, 2.45) is 0 Å². The number of amides is 1. The van der Waals surface area contributed by atoms with Gasteiger partial charge in [-0.15, -0.1) is 0 Å². The largest absolute Gasteiger partial charge is 0.333 e. The van der Waals surface area contributed by atoms with Gasteiger partial charge < -0.3 is 4.90 Å². The van der Waals surface area contributed by atoms with E-state index >= 15 is 0 Å². The molecule has 1 fully saturated rings. The Kier molecular flexibility index (Phi) is 3.30. The number of nitrogens with zero attached hydrogens (tertiary/aromatic N) is 1. The Balaban J connectivity index is 2.34. The summed E-state index contributed by atoms with van der Waals surface area (Å²) in [5, 5.41) is 0. The van der Waals surface area contributed by atoms with E-state index in [9.17, 15) is 4.79 Å². The topological polar surface area (TPSA) is 20.3 Å². The molecule has 0 saturated carbocycles. The average molecular weight is 296 g/mol. The molecule has 0 spiro atoms. The molecule has 2 rings (SSSR count). The lowest BCUT2D eigenvalue weighted by atomic mass is 10.0. The molecule has 1 aromatic carbocycles. The van der Waals surface area contributed by atoms with Gasteiger partial charge in [0, 0.05) is 16.6 Å². The van der Waals surface area contributed by atoms with Gasteiger partial charge in [-0.05, 0) is 61.7 Å². The lowest BCUT2D eigenvalue weighted by molar-refractivity contribution is 0.0651. The third-order valence-electron chi connectivity index (χ3n) is 3.50. The molecule has 0 aromatic heterocycles. The van der Waals surface area contributed by atoms with E-state index in [1.54, 1.807) is 0 Å². The quantitative estimate of drug-likeness (QED) is 0.772. The van der Waals surface area contributed by atoms with Crippen molar-refractivity contribution in [2.75, 3.05) is 6.54 Å². The standard InChI is InChI=1S/C14H18BrNO/c1-10-5-6-12(15)11(9-10)13(17)16-8-4-7-14(16,2)3/h5-6,9H,4,7-8H2,1-3H3. The third kappa shape index (κ3) is 2.39. The van der Waals surface area contributed by atoms with Crippen LogP contribution in [0.1, 0.15) is 42.6 Å². The number of rotatable bonds is 1. The summed E-state index contributed by atoms with van der Waals surface area (Å²) in [4.78, 5) is 14.5. The van der Waals surface area contributed by atoms with Crippen LogP contribution in [0.3, 0.4) is 0 Å². The van der Waals surface area contributed by atoms with E-state index in [0.717, 1.165) is 35.0 Å². The second-order valence-electron chi connectivity index (χ2n) is 5.36. The predicted octanol–water partition coefficient (Wildman–Crippen LogP) is 3.77. The number of carbonyl (C=O) groups excluding carboxylic acids is 1. The van der Waals surface area contributed by atoms with Crippen LogP contribution in [0.5, 0.6) is 0 Å². The monoisotopic (exact) mass is 295 g/mol. The summed E-state index contributed by atoms with van der Waals surface area (Å²) in [5.41, 5.74) is 1.88. The second kappa shape index (κ2) is 4.45. The average Bonchev–Trinajstić information content (AvgIpc) is 2.61. The summed E-state index contributed by atoms with van der Waals surface area (Å²) in [6.45, 7) is 7.16. The van der Waals surface area contributed by atoms with Crippen molar-refractivity contribution in [1.29, 1.82) is 0 Å². The number of carbonyl (C=O) groups is 1. The van der Waals surface area contributed by atoms with Gasteiger partial charge in [0.05, 0.1) is 5.56 Å². The van der Waals surface area contributed by atoms with Crippen molar-refractivity contribution in [3.63, 3.8) is 0 Å². The van der Waals surface area contributed by atoms with Gasteiger partial charge in [0.1, 0.15) is 0 Å². The van der Waals surface area contributed by atoms with Gasteiger partial charge in [-0.3, -0.25) is 4.79 Å². The van der Waals surface area contributed by atoms with Crippen LogP contribution in [0.15, 0.2) is 22.7 Å². The van der Waals surface area contributed by atoms with Crippen LogP contribution in [-0.4, -0.2) is 22.9 Å². The van der Waals surface area contributed by atoms with E-state index in [0.29, 0.717) is 0 Å². The molecule has 0 radical (unpaired) electrons. The van der Waals surface area contributed by atoms with Crippen molar-refractivity contribution in [2.45, 2.75) is 39.2 Å². The van der Waals surface area contributed by atoms with Gasteiger partial charge in [0.2, 0.25) is 0 Å². The lowest BCUT2D eigenvalue weighted by Crippen LogP contribution is -2.42. The molecule has 0 N–H and O–H groups in total. The molecule has 2 nitrogen and oxygen atoms in total. The molecule has 92 valence electrons. The predicted molar refractivity (Wildman–Crippen MR) is 73.2 cm³/mol. The molecule has 1 heterocycles. The molecule has 0 unspecified atom stereocenters. The van der Waals surface area contributed by atoms with E-state index in [4.69, 9.17) is 0 Å². The Morgan fingerprint density at radius 2 is 2.12 bits per heavy atom. The van der Waals surface area contributed by atoms with Crippen LogP contribution in [0.4, 0.5) is 0 Å². The zero-order valence-electron chi connectivity index (χ0n) is 10.6. The van der Waals surface area contributed by atoms with Crippen molar-refractivity contribution >= 4 is 21.8 Å². The minimum atomic E-state index is -0.0136. The van der Waals surface area contributed by atoms with Crippen LogP contribution in [0, 0.1) is 6.92 Å². The first kappa shape index (κ1) is 12.6. The third-order valence-corrected chi connectivity index (χ3v) is 4.19. The van der Waals surface area contributed by atoms with E-state index in [1.165, 1.54) is 0 Å². The number of aryl methyl sites for hydroxylation is 1. The lowest BCUT2D eigenvalue weighted by Gasteiger charge is -2.32. The molecule has 0 atom stereocenters. The molecule has 1 amide bonds. The first-order valence-electron chi connectivity index (χ1n) is 6.00. The Labute approximate surface area is 111 Å². The van der Waals surface area contributed by atoms with Crippen molar-refractivity contribution in [1.82, 2.24) is 4.90 Å². The molecule has 1 aliphatic heterocycles. The van der Waals surface area contributed by atoms with Gasteiger partial charge in [-0.25, -0.2) is 0 Å². The Hall–Kier alpha value is -0.830.